The maximum atomic E-state index is 5.42. The van der Waals surface area contributed by atoms with Crippen molar-refractivity contribution >= 4 is 11.6 Å². The van der Waals surface area contributed by atoms with E-state index in [4.69, 9.17) is 5.84 Å². The fraction of sp³-hybridized carbons (Fsp3) is 0.615. The second kappa shape index (κ2) is 5.87. The highest BCUT2D eigenvalue weighted by molar-refractivity contribution is 5.47. The molecule has 2 rings (SSSR count). The highest BCUT2D eigenvalue weighted by atomic mass is 15.3. The van der Waals surface area contributed by atoms with Gasteiger partial charge in [-0.15, -0.1) is 0 Å². The van der Waals surface area contributed by atoms with Gasteiger partial charge in [-0.2, -0.15) is 0 Å². The summed E-state index contributed by atoms with van der Waals surface area (Å²) in [5, 5.41) is 0. The Morgan fingerprint density at radius 3 is 3.06 bits per heavy atom. The van der Waals surface area contributed by atoms with Crippen LogP contribution in [0.5, 0.6) is 0 Å². The van der Waals surface area contributed by atoms with Gasteiger partial charge in [0, 0.05) is 12.6 Å². The normalized spacial score (nSPS) is 21.1. The summed E-state index contributed by atoms with van der Waals surface area (Å²) in [4.78, 5) is 6.98. The minimum atomic E-state index is 0.623. The third-order valence-corrected chi connectivity index (χ3v) is 3.52. The first-order valence-corrected chi connectivity index (χ1v) is 6.55. The Bertz CT molecular complexity index is 353. The zero-order valence-electron chi connectivity index (χ0n) is 10.5. The van der Waals surface area contributed by atoms with Crippen LogP contribution in [0.2, 0.25) is 0 Å². The van der Waals surface area contributed by atoms with Crippen LogP contribution >= 0.6 is 0 Å². The molecule has 0 aliphatic carbocycles. The molecule has 1 fully saturated rings. The SMILES string of the molecule is CCC1CCCCCN1c1cccc(NN)n1. The van der Waals surface area contributed by atoms with Crippen molar-refractivity contribution in [2.24, 2.45) is 5.84 Å². The first kappa shape index (κ1) is 12.2. The van der Waals surface area contributed by atoms with E-state index in [0.29, 0.717) is 6.04 Å². The fourth-order valence-electron chi connectivity index (χ4n) is 2.57. The molecule has 3 N–H and O–H groups in total. The summed E-state index contributed by atoms with van der Waals surface area (Å²) in [5.74, 6) is 7.20. The molecule has 2 heterocycles. The van der Waals surface area contributed by atoms with E-state index in [1.807, 2.05) is 12.1 Å². The number of pyridine rings is 1. The first-order chi connectivity index (χ1) is 8.35. The summed E-state index contributed by atoms with van der Waals surface area (Å²) in [6, 6.07) is 6.60. The summed E-state index contributed by atoms with van der Waals surface area (Å²) < 4.78 is 0. The van der Waals surface area contributed by atoms with Gasteiger partial charge < -0.3 is 10.3 Å². The van der Waals surface area contributed by atoms with Crippen LogP contribution in [0.15, 0.2) is 18.2 Å². The number of nitrogen functional groups attached to an aromatic ring is 1. The van der Waals surface area contributed by atoms with Crippen molar-refractivity contribution in [2.75, 3.05) is 16.9 Å². The number of anilines is 2. The van der Waals surface area contributed by atoms with Gasteiger partial charge in [-0.25, -0.2) is 10.8 Å². The predicted molar refractivity (Wildman–Crippen MR) is 71.9 cm³/mol. The van der Waals surface area contributed by atoms with Gasteiger partial charge in [0.25, 0.3) is 0 Å². The van der Waals surface area contributed by atoms with Crippen LogP contribution in [-0.2, 0) is 0 Å². The maximum Gasteiger partial charge on any atom is 0.142 e. The van der Waals surface area contributed by atoms with E-state index in [2.05, 4.69) is 28.3 Å². The van der Waals surface area contributed by atoms with Gasteiger partial charge in [0.05, 0.1) is 0 Å². The van der Waals surface area contributed by atoms with Crippen LogP contribution in [0.1, 0.15) is 39.0 Å². The Morgan fingerprint density at radius 1 is 1.41 bits per heavy atom. The predicted octanol–water partition coefficient (Wildman–Crippen LogP) is 2.53. The molecule has 1 saturated heterocycles. The highest BCUT2D eigenvalue weighted by Crippen LogP contribution is 2.25. The lowest BCUT2D eigenvalue weighted by atomic mass is 10.1. The van der Waals surface area contributed by atoms with Gasteiger partial charge in [0.2, 0.25) is 0 Å². The van der Waals surface area contributed by atoms with Crippen LogP contribution in [-0.4, -0.2) is 17.6 Å². The van der Waals surface area contributed by atoms with Crippen LogP contribution in [0, 0.1) is 0 Å². The molecule has 0 radical (unpaired) electrons. The van der Waals surface area contributed by atoms with Crippen molar-refractivity contribution in [3.05, 3.63) is 18.2 Å². The largest absolute Gasteiger partial charge is 0.354 e. The summed E-state index contributed by atoms with van der Waals surface area (Å²) >= 11 is 0. The third-order valence-electron chi connectivity index (χ3n) is 3.52. The molecule has 1 aromatic rings. The van der Waals surface area contributed by atoms with Crippen molar-refractivity contribution < 1.29 is 0 Å². The second-order valence-electron chi connectivity index (χ2n) is 4.63. The minimum absolute atomic E-state index is 0.623. The molecular formula is C13H22N4. The van der Waals surface area contributed by atoms with Gasteiger partial charge in [-0.1, -0.05) is 25.8 Å². The standard InChI is InChI=1S/C13H22N4/c1-2-11-7-4-3-5-10-17(11)13-9-6-8-12(15-13)16-14/h6,8-9,11H,2-5,7,10,14H2,1H3,(H,15,16). The molecule has 1 unspecified atom stereocenters. The number of hydrogen-bond acceptors (Lipinski definition) is 4. The lowest BCUT2D eigenvalue weighted by molar-refractivity contribution is 0.552. The van der Waals surface area contributed by atoms with E-state index in [0.717, 1.165) is 18.2 Å². The Balaban J connectivity index is 2.21. The molecule has 4 nitrogen and oxygen atoms in total. The third kappa shape index (κ3) is 2.88. The zero-order valence-corrected chi connectivity index (χ0v) is 10.5. The van der Waals surface area contributed by atoms with Crippen LogP contribution in [0.3, 0.4) is 0 Å². The molecule has 0 spiro atoms. The van der Waals surface area contributed by atoms with Gasteiger partial charge in [0.1, 0.15) is 11.6 Å². The molecule has 0 saturated carbocycles. The topological polar surface area (TPSA) is 54.2 Å². The highest BCUT2D eigenvalue weighted by Gasteiger charge is 2.20. The second-order valence-corrected chi connectivity index (χ2v) is 4.63. The molecule has 1 aliphatic heterocycles. The Hall–Kier alpha value is -1.29. The van der Waals surface area contributed by atoms with Gasteiger partial charge >= 0.3 is 0 Å². The Labute approximate surface area is 103 Å². The smallest absolute Gasteiger partial charge is 0.142 e. The molecule has 1 atom stereocenters. The average molecular weight is 234 g/mol. The van der Waals surface area contributed by atoms with Gasteiger partial charge in [0.15, 0.2) is 0 Å². The number of nitrogens with zero attached hydrogens (tertiary/aromatic N) is 2. The number of nitrogens with one attached hydrogen (secondary N) is 1. The van der Waals surface area contributed by atoms with E-state index < -0.39 is 0 Å². The van der Waals surface area contributed by atoms with Crippen molar-refractivity contribution in [2.45, 2.75) is 45.1 Å². The van der Waals surface area contributed by atoms with E-state index in [1.54, 1.807) is 0 Å². The fourth-order valence-corrected chi connectivity index (χ4v) is 2.57. The lowest BCUT2D eigenvalue weighted by Gasteiger charge is -2.30. The Kier molecular flexibility index (Phi) is 4.20. The molecule has 4 heteroatoms. The van der Waals surface area contributed by atoms with Gasteiger partial charge in [-0.3, -0.25) is 0 Å². The number of hydrogen-bond donors (Lipinski definition) is 2. The molecule has 0 amide bonds. The van der Waals surface area contributed by atoms with Crippen LogP contribution < -0.4 is 16.2 Å². The van der Waals surface area contributed by atoms with E-state index in [1.165, 1.54) is 32.1 Å². The summed E-state index contributed by atoms with van der Waals surface area (Å²) in [6.07, 6.45) is 6.39. The van der Waals surface area contributed by atoms with Gasteiger partial charge in [-0.05, 0) is 31.4 Å². The number of aromatic nitrogens is 1. The lowest BCUT2D eigenvalue weighted by Crippen LogP contribution is -2.35. The quantitative estimate of drug-likeness (QED) is 0.623. The van der Waals surface area contributed by atoms with Crippen LogP contribution in [0.4, 0.5) is 11.6 Å². The minimum Gasteiger partial charge on any atom is -0.354 e. The van der Waals surface area contributed by atoms with Crippen molar-refractivity contribution in [3.63, 3.8) is 0 Å². The molecule has 0 aromatic carbocycles. The number of nitrogens with two attached hydrogens (primary N) is 1. The van der Waals surface area contributed by atoms with Crippen LogP contribution in [0.25, 0.3) is 0 Å². The summed E-state index contributed by atoms with van der Waals surface area (Å²) in [5.41, 5.74) is 2.62. The Morgan fingerprint density at radius 2 is 2.29 bits per heavy atom. The monoisotopic (exact) mass is 234 g/mol. The number of rotatable bonds is 3. The number of hydrazine groups is 1. The van der Waals surface area contributed by atoms with E-state index >= 15 is 0 Å². The molecule has 17 heavy (non-hydrogen) atoms. The summed E-state index contributed by atoms with van der Waals surface area (Å²) in [7, 11) is 0. The first-order valence-electron chi connectivity index (χ1n) is 6.55. The maximum absolute atomic E-state index is 5.42. The van der Waals surface area contributed by atoms with E-state index in [-0.39, 0.29) is 0 Å². The molecule has 1 aliphatic rings. The average Bonchev–Trinajstić information content (AvgIpc) is 2.63. The molecule has 0 bridgehead atoms. The van der Waals surface area contributed by atoms with E-state index in [9.17, 15) is 0 Å². The molecular weight excluding hydrogens is 212 g/mol. The molecule has 94 valence electrons. The molecule has 1 aromatic heterocycles. The summed E-state index contributed by atoms with van der Waals surface area (Å²) in [6.45, 7) is 3.37. The van der Waals surface area contributed by atoms with Crippen molar-refractivity contribution in [1.29, 1.82) is 0 Å². The van der Waals surface area contributed by atoms with Crippen molar-refractivity contribution in [1.82, 2.24) is 4.98 Å². The zero-order chi connectivity index (χ0) is 12.1. The van der Waals surface area contributed by atoms with Crippen molar-refractivity contribution in [3.8, 4) is 0 Å².